The molecule has 43 heavy (non-hydrogen) atoms. The normalized spacial score (nSPS) is 14.7. The molecule has 3 aromatic rings. The highest BCUT2D eigenvalue weighted by Gasteiger charge is 2.32. The lowest BCUT2D eigenvalue weighted by Gasteiger charge is -2.26. The van der Waals surface area contributed by atoms with E-state index in [1.807, 2.05) is 61.5 Å². The van der Waals surface area contributed by atoms with Crippen LogP contribution in [0.3, 0.4) is 0 Å². The van der Waals surface area contributed by atoms with Crippen LogP contribution in [-0.2, 0) is 32.0 Å². The zero-order valence-corrected chi connectivity index (χ0v) is 24.8. The van der Waals surface area contributed by atoms with Crippen molar-refractivity contribution in [1.29, 1.82) is 0 Å². The average molecular weight is 593 g/mol. The van der Waals surface area contributed by atoms with Crippen LogP contribution in [0.1, 0.15) is 50.7 Å². The number of aromatic amines is 1. The molecular weight excluding hydrogens is 548 g/mol. The van der Waals surface area contributed by atoms with E-state index >= 15 is 0 Å². The largest absolute Gasteiger partial charge is 0.480 e. The summed E-state index contributed by atoms with van der Waals surface area (Å²) >= 11 is 0. The molecule has 3 rings (SSSR count). The minimum absolute atomic E-state index is 0.0963. The second-order valence-electron chi connectivity index (χ2n) is 11.0. The van der Waals surface area contributed by atoms with Gasteiger partial charge in [0.1, 0.15) is 18.1 Å². The van der Waals surface area contributed by atoms with Gasteiger partial charge in [0.2, 0.25) is 17.7 Å². The van der Waals surface area contributed by atoms with Crippen LogP contribution in [-0.4, -0.2) is 64.5 Å². The maximum Gasteiger partial charge on any atom is 0.326 e. The molecule has 0 aliphatic rings. The van der Waals surface area contributed by atoms with E-state index in [4.69, 9.17) is 11.5 Å². The van der Waals surface area contributed by atoms with Gasteiger partial charge in [-0.2, -0.15) is 0 Å². The Labute approximate surface area is 252 Å². The number of carbonyl (C=O) groups excluding carboxylic acids is 3. The highest BCUT2D eigenvalue weighted by molar-refractivity contribution is 5.95. The van der Waals surface area contributed by atoms with Crippen molar-refractivity contribution in [3.05, 3.63) is 71.9 Å². The van der Waals surface area contributed by atoms with Crippen molar-refractivity contribution < 1.29 is 24.3 Å². The van der Waals surface area contributed by atoms with Crippen LogP contribution in [0.2, 0.25) is 0 Å². The molecule has 2 aromatic carbocycles. The number of aliphatic carboxylic acids is 1. The van der Waals surface area contributed by atoms with Crippen LogP contribution in [0.25, 0.3) is 10.9 Å². The van der Waals surface area contributed by atoms with Gasteiger partial charge in [0.05, 0.1) is 6.04 Å². The van der Waals surface area contributed by atoms with Crippen molar-refractivity contribution in [2.45, 2.75) is 76.5 Å². The Morgan fingerprint density at radius 1 is 0.860 bits per heavy atom. The maximum atomic E-state index is 13.8. The fraction of sp³-hybridized carbons (Fsp3) is 0.438. The third-order valence-electron chi connectivity index (χ3n) is 7.73. The SMILES string of the molecule is CCC(C)C(NC(=O)C(Cc1c[nH]c2ccccc12)NC(=O)C(Cc1ccccc1)NC(=O)C(N)CCCCN)C(=O)O. The summed E-state index contributed by atoms with van der Waals surface area (Å²) in [5.41, 5.74) is 14.1. The number of fused-ring (bicyclic) bond motifs is 1. The third kappa shape index (κ3) is 9.65. The number of carbonyl (C=O) groups is 4. The van der Waals surface area contributed by atoms with Gasteiger partial charge < -0.3 is 37.5 Å². The van der Waals surface area contributed by atoms with Gasteiger partial charge >= 0.3 is 5.97 Å². The lowest BCUT2D eigenvalue weighted by atomic mass is 9.97. The molecule has 0 saturated heterocycles. The molecule has 11 nitrogen and oxygen atoms in total. The lowest BCUT2D eigenvalue weighted by Crippen LogP contribution is -2.58. The van der Waals surface area contributed by atoms with Crippen LogP contribution < -0.4 is 27.4 Å². The molecule has 0 fully saturated rings. The summed E-state index contributed by atoms with van der Waals surface area (Å²) in [7, 11) is 0. The molecule has 5 atom stereocenters. The van der Waals surface area contributed by atoms with Crippen molar-refractivity contribution in [3.8, 4) is 0 Å². The van der Waals surface area contributed by atoms with E-state index in [1.165, 1.54) is 0 Å². The van der Waals surface area contributed by atoms with Gasteiger partial charge in [-0.15, -0.1) is 0 Å². The molecule has 1 aromatic heterocycles. The van der Waals surface area contributed by atoms with Crippen molar-refractivity contribution in [3.63, 3.8) is 0 Å². The summed E-state index contributed by atoms with van der Waals surface area (Å²) < 4.78 is 0. The Balaban J connectivity index is 1.88. The molecule has 0 saturated carbocycles. The molecule has 232 valence electrons. The number of nitrogens with two attached hydrogens (primary N) is 2. The second-order valence-corrected chi connectivity index (χ2v) is 11.0. The third-order valence-corrected chi connectivity index (χ3v) is 7.73. The number of hydrogen-bond acceptors (Lipinski definition) is 6. The number of benzene rings is 2. The zero-order chi connectivity index (χ0) is 31.4. The van der Waals surface area contributed by atoms with Gasteiger partial charge in [0, 0.05) is 29.9 Å². The van der Waals surface area contributed by atoms with Crippen molar-refractivity contribution in [1.82, 2.24) is 20.9 Å². The van der Waals surface area contributed by atoms with E-state index in [0.29, 0.717) is 25.8 Å². The molecule has 11 heteroatoms. The molecule has 9 N–H and O–H groups in total. The average Bonchev–Trinajstić information content (AvgIpc) is 3.41. The Hall–Kier alpha value is -4.22. The van der Waals surface area contributed by atoms with Crippen molar-refractivity contribution >= 4 is 34.6 Å². The first-order valence-electron chi connectivity index (χ1n) is 14.8. The molecule has 5 unspecified atom stereocenters. The van der Waals surface area contributed by atoms with E-state index in [2.05, 4.69) is 20.9 Å². The minimum atomic E-state index is -1.15. The number of aromatic nitrogens is 1. The van der Waals surface area contributed by atoms with Crippen LogP contribution in [0, 0.1) is 5.92 Å². The standard InChI is InChI=1S/C32H44N6O5/c1-3-20(2)28(32(42)43)38-31(41)27(18-22-19-35-25-15-8-7-13-23(22)25)37-30(40)26(17-21-11-5-4-6-12-21)36-29(39)24(34)14-9-10-16-33/h4-8,11-13,15,19-20,24,26-28,35H,3,9-10,14,16-18,33-34H2,1-2H3,(H,36,39)(H,37,40)(H,38,41)(H,42,43). The van der Waals surface area contributed by atoms with Crippen LogP contribution in [0.5, 0.6) is 0 Å². The number of hydrogen-bond donors (Lipinski definition) is 7. The second kappa shape index (κ2) is 16.4. The Kier molecular flexibility index (Phi) is 12.7. The summed E-state index contributed by atoms with van der Waals surface area (Å²) in [6.45, 7) is 4.08. The van der Waals surface area contributed by atoms with Crippen molar-refractivity contribution in [2.24, 2.45) is 17.4 Å². The van der Waals surface area contributed by atoms with Gasteiger partial charge in [-0.1, -0.05) is 75.2 Å². The molecule has 1 heterocycles. The Morgan fingerprint density at radius 2 is 1.49 bits per heavy atom. The first-order chi connectivity index (χ1) is 20.6. The number of carboxylic acids is 1. The summed E-state index contributed by atoms with van der Waals surface area (Å²) in [4.78, 5) is 55.6. The van der Waals surface area contributed by atoms with E-state index < -0.39 is 47.9 Å². The van der Waals surface area contributed by atoms with E-state index in [-0.39, 0.29) is 18.8 Å². The molecule has 3 amide bonds. The molecule has 0 radical (unpaired) electrons. The lowest BCUT2D eigenvalue weighted by molar-refractivity contribution is -0.143. The van der Waals surface area contributed by atoms with Crippen LogP contribution in [0.15, 0.2) is 60.8 Å². The predicted molar refractivity (Wildman–Crippen MR) is 166 cm³/mol. The number of H-pyrrole nitrogens is 1. The first kappa shape index (κ1) is 33.3. The van der Waals surface area contributed by atoms with E-state index in [1.54, 1.807) is 13.1 Å². The quantitative estimate of drug-likeness (QED) is 0.117. The van der Waals surface area contributed by atoms with E-state index in [9.17, 15) is 24.3 Å². The fourth-order valence-electron chi connectivity index (χ4n) is 4.92. The molecule has 0 bridgehead atoms. The number of carboxylic acid groups (broad SMARTS) is 1. The van der Waals surface area contributed by atoms with Gasteiger partial charge in [0.15, 0.2) is 0 Å². The summed E-state index contributed by atoms with van der Waals surface area (Å²) in [6, 6.07) is 12.7. The first-order valence-corrected chi connectivity index (χ1v) is 14.8. The number of amides is 3. The summed E-state index contributed by atoms with van der Waals surface area (Å²) in [5, 5.41) is 18.9. The highest BCUT2D eigenvalue weighted by atomic mass is 16.4. The minimum Gasteiger partial charge on any atom is -0.480 e. The van der Waals surface area contributed by atoms with E-state index in [0.717, 1.165) is 28.5 Å². The number of para-hydroxylation sites is 1. The van der Waals surface area contributed by atoms with Gasteiger partial charge in [-0.3, -0.25) is 14.4 Å². The molecule has 0 aliphatic heterocycles. The van der Waals surface area contributed by atoms with Crippen molar-refractivity contribution in [2.75, 3.05) is 6.54 Å². The molecule has 0 aliphatic carbocycles. The summed E-state index contributed by atoms with van der Waals surface area (Å²) in [5.74, 6) is -3.18. The predicted octanol–water partition coefficient (Wildman–Crippen LogP) is 1.99. The smallest absolute Gasteiger partial charge is 0.326 e. The molecule has 0 spiro atoms. The highest BCUT2D eigenvalue weighted by Crippen LogP contribution is 2.20. The monoisotopic (exact) mass is 592 g/mol. The van der Waals surface area contributed by atoms with Gasteiger partial charge in [-0.25, -0.2) is 4.79 Å². The Bertz CT molecular complexity index is 1360. The number of nitrogens with one attached hydrogen (secondary N) is 4. The topological polar surface area (TPSA) is 192 Å². The summed E-state index contributed by atoms with van der Waals surface area (Å²) in [6.07, 6.45) is 4.39. The van der Waals surface area contributed by atoms with Gasteiger partial charge in [0.25, 0.3) is 0 Å². The van der Waals surface area contributed by atoms with Crippen LogP contribution in [0.4, 0.5) is 0 Å². The fourth-order valence-corrected chi connectivity index (χ4v) is 4.92. The maximum absolute atomic E-state index is 13.8. The van der Waals surface area contributed by atoms with Crippen LogP contribution >= 0.6 is 0 Å². The Morgan fingerprint density at radius 3 is 2.16 bits per heavy atom. The number of unbranched alkanes of at least 4 members (excludes halogenated alkanes) is 1. The van der Waals surface area contributed by atoms with Gasteiger partial charge in [-0.05, 0) is 42.5 Å². The zero-order valence-electron chi connectivity index (χ0n) is 24.8. The molecular formula is C32H44N6O5. The number of rotatable bonds is 17.